The molecule has 3 rings (SSSR count). The number of anilines is 1. The Morgan fingerprint density at radius 2 is 1.93 bits per heavy atom. The van der Waals surface area contributed by atoms with Crippen molar-refractivity contribution in [3.05, 3.63) is 62.4 Å². The highest BCUT2D eigenvalue weighted by Crippen LogP contribution is 2.12. The van der Waals surface area contributed by atoms with Gasteiger partial charge in [-0.2, -0.15) is 0 Å². The van der Waals surface area contributed by atoms with E-state index < -0.39 is 17.3 Å². The third-order valence-corrected chi connectivity index (χ3v) is 4.25. The largest absolute Gasteiger partial charge is 0.376 e. The van der Waals surface area contributed by atoms with Crippen LogP contribution in [0.1, 0.15) is 28.8 Å². The quantitative estimate of drug-likeness (QED) is 0.484. The van der Waals surface area contributed by atoms with E-state index in [2.05, 4.69) is 25.9 Å². The third-order valence-electron chi connectivity index (χ3n) is 4.25. The zero-order valence-corrected chi connectivity index (χ0v) is 15.0. The van der Waals surface area contributed by atoms with Gasteiger partial charge in [-0.05, 0) is 37.1 Å². The molecule has 0 unspecified atom stereocenters. The number of aromatic nitrogens is 2. The molecule has 28 heavy (non-hydrogen) atoms. The monoisotopic (exact) mass is 387 g/mol. The lowest BCUT2D eigenvalue weighted by molar-refractivity contribution is 0.0858. The summed E-state index contributed by atoms with van der Waals surface area (Å²) in [7, 11) is 0. The van der Waals surface area contributed by atoms with E-state index in [-0.39, 0.29) is 24.1 Å². The van der Waals surface area contributed by atoms with Gasteiger partial charge in [-0.15, -0.1) is 0 Å². The van der Waals surface area contributed by atoms with E-state index in [0.29, 0.717) is 17.8 Å². The van der Waals surface area contributed by atoms with Crippen LogP contribution in [-0.2, 0) is 11.3 Å². The molecular formula is C18H21N5O5. The second kappa shape index (κ2) is 9.00. The molecule has 1 saturated heterocycles. The standard InChI is InChI=1S/C18H21N5O5/c24-15(19-10-14-2-1-7-28-14)11-3-5-13(6-4-11)22-17(26)20-8-12-9-21-18(27)23-16(12)25/h3-6,9,14H,1-2,7-8,10H2,(H,19,24)(H2,20,22,26)(H2,21,23,25,27)/t14-/m0/s1. The van der Waals surface area contributed by atoms with E-state index in [4.69, 9.17) is 4.74 Å². The summed E-state index contributed by atoms with van der Waals surface area (Å²) < 4.78 is 5.46. The predicted octanol–water partition coefficient (Wildman–Crippen LogP) is 0.294. The van der Waals surface area contributed by atoms with Crippen molar-refractivity contribution < 1.29 is 14.3 Å². The number of hydrogen-bond donors (Lipinski definition) is 5. The molecule has 1 aromatic heterocycles. The number of carbonyl (C=O) groups is 2. The number of aromatic amines is 2. The summed E-state index contributed by atoms with van der Waals surface area (Å²) in [6, 6.07) is 5.89. The van der Waals surface area contributed by atoms with Crippen LogP contribution in [0.2, 0.25) is 0 Å². The zero-order chi connectivity index (χ0) is 19.9. The maximum Gasteiger partial charge on any atom is 0.325 e. The Labute approximate surface area is 159 Å². The average molecular weight is 387 g/mol. The molecule has 0 spiro atoms. The van der Waals surface area contributed by atoms with Gasteiger partial charge in [-0.25, -0.2) is 9.59 Å². The molecule has 2 heterocycles. The van der Waals surface area contributed by atoms with Crippen LogP contribution in [0.25, 0.3) is 0 Å². The van der Waals surface area contributed by atoms with Crippen molar-refractivity contribution in [2.24, 2.45) is 0 Å². The smallest absolute Gasteiger partial charge is 0.325 e. The van der Waals surface area contributed by atoms with Gasteiger partial charge in [0.2, 0.25) is 0 Å². The van der Waals surface area contributed by atoms with Crippen molar-refractivity contribution in [1.29, 1.82) is 0 Å². The number of H-pyrrole nitrogens is 2. The minimum Gasteiger partial charge on any atom is -0.376 e. The van der Waals surface area contributed by atoms with Crippen molar-refractivity contribution in [1.82, 2.24) is 20.6 Å². The molecule has 1 aliphatic heterocycles. The Morgan fingerprint density at radius 1 is 1.14 bits per heavy atom. The van der Waals surface area contributed by atoms with Crippen LogP contribution in [0.3, 0.4) is 0 Å². The number of amides is 3. The van der Waals surface area contributed by atoms with Crippen molar-refractivity contribution in [2.75, 3.05) is 18.5 Å². The first-order chi connectivity index (χ1) is 13.5. The highest BCUT2D eigenvalue weighted by atomic mass is 16.5. The van der Waals surface area contributed by atoms with Crippen LogP contribution in [0.4, 0.5) is 10.5 Å². The molecule has 0 radical (unpaired) electrons. The van der Waals surface area contributed by atoms with Gasteiger partial charge < -0.3 is 25.7 Å². The number of carbonyl (C=O) groups excluding carboxylic acids is 2. The van der Waals surface area contributed by atoms with Gasteiger partial charge >= 0.3 is 11.7 Å². The number of ether oxygens (including phenoxy) is 1. The van der Waals surface area contributed by atoms with Gasteiger partial charge in [0.25, 0.3) is 11.5 Å². The Bertz CT molecular complexity index is 944. The molecule has 5 N–H and O–H groups in total. The van der Waals surface area contributed by atoms with Crippen LogP contribution < -0.4 is 27.2 Å². The summed E-state index contributed by atoms with van der Waals surface area (Å²) in [6.07, 6.45) is 3.28. The zero-order valence-electron chi connectivity index (χ0n) is 15.0. The Morgan fingerprint density at radius 3 is 2.61 bits per heavy atom. The topological polar surface area (TPSA) is 145 Å². The first-order valence-electron chi connectivity index (χ1n) is 8.87. The highest BCUT2D eigenvalue weighted by molar-refractivity contribution is 5.95. The summed E-state index contributed by atoms with van der Waals surface area (Å²) in [5, 5.41) is 7.94. The number of hydrogen-bond acceptors (Lipinski definition) is 5. The summed E-state index contributed by atoms with van der Waals surface area (Å²) in [5.41, 5.74) is 0.000750. The molecule has 148 valence electrons. The molecule has 0 saturated carbocycles. The summed E-state index contributed by atoms with van der Waals surface area (Å²) in [5.74, 6) is -0.205. The molecule has 1 aliphatic rings. The first kappa shape index (κ1) is 19.4. The Balaban J connectivity index is 1.47. The van der Waals surface area contributed by atoms with E-state index in [9.17, 15) is 19.2 Å². The van der Waals surface area contributed by atoms with Crippen molar-refractivity contribution >= 4 is 17.6 Å². The summed E-state index contributed by atoms with van der Waals surface area (Å²) >= 11 is 0. The van der Waals surface area contributed by atoms with E-state index in [1.54, 1.807) is 24.3 Å². The van der Waals surface area contributed by atoms with Gasteiger partial charge in [0.1, 0.15) is 0 Å². The fourth-order valence-electron chi connectivity index (χ4n) is 2.74. The molecule has 0 aliphatic carbocycles. The fourth-order valence-corrected chi connectivity index (χ4v) is 2.74. The lowest BCUT2D eigenvalue weighted by atomic mass is 10.2. The van der Waals surface area contributed by atoms with Crippen LogP contribution in [-0.4, -0.2) is 41.2 Å². The van der Waals surface area contributed by atoms with Crippen molar-refractivity contribution in [3.63, 3.8) is 0 Å². The van der Waals surface area contributed by atoms with Crippen molar-refractivity contribution in [2.45, 2.75) is 25.5 Å². The second-order valence-electron chi connectivity index (χ2n) is 6.33. The Kier molecular flexibility index (Phi) is 6.22. The minimum atomic E-state index is -0.613. The average Bonchev–Trinajstić information content (AvgIpc) is 3.19. The molecule has 2 aromatic rings. The minimum absolute atomic E-state index is 0.0539. The molecule has 1 fully saturated rings. The van der Waals surface area contributed by atoms with Gasteiger partial charge in [-0.3, -0.25) is 14.6 Å². The maximum atomic E-state index is 12.1. The van der Waals surface area contributed by atoms with Gasteiger partial charge in [-0.1, -0.05) is 0 Å². The van der Waals surface area contributed by atoms with Crippen LogP contribution in [0.15, 0.2) is 40.1 Å². The van der Waals surface area contributed by atoms with Crippen LogP contribution >= 0.6 is 0 Å². The molecule has 0 bridgehead atoms. The maximum absolute atomic E-state index is 12.1. The Hall–Kier alpha value is -3.40. The fraction of sp³-hybridized carbons (Fsp3) is 0.333. The lowest BCUT2D eigenvalue weighted by Crippen LogP contribution is -2.33. The van der Waals surface area contributed by atoms with Crippen molar-refractivity contribution in [3.8, 4) is 0 Å². The number of benzene rings is 1. The van der Waals surface area contributed by atoms with Crippen LogP contribution in [0.5, 0.6) is 0 Å². The predicted molar refractivity (Wildman–Crippen MR) is 101 cm³/mol. The number of rotatable bonds is 6. The van der Waals surface area contributed by atoms with Crippen LogP contribution in [0, 0.1) is 0 Å². The molecule has 10 nitrogen and oxygen atoms in total. The van der Waals surface area contributed by atoms with E-state index in [1.165, 1.54) is 6.20 Å². The van der Waals surface area contributed by atoms with Gasteiger partial charge in [0.05, 0.1) is 18.2 Å². The molecule has 1 aromatic carbocycles. The highest BCUT2D eigenvalue weighted by Gasteiger charge is 2.16. The number of urea groups is 1. The molecule has 3 amide bonds. The lowest BCUT2D eigenvalue weighted by Gasteiger charge is -2.11. The number of nitrogens with one attached hydrogen (secondary N) is 5. The molecular weight excluding hydrogens is 366 g/mol. The summed E-state index contributed by atoms with van der Waals surface area (Å²) in [4.78, 5) is 51.0. The van der Waals surface area contributed by atoms with Gasteiger partial charge in [0.15, 0.2) is 0 Å². The first-order valence-corrected chi connectivity index (χ1v) is 8.87. The summed E-state index contributed by atoms with van der Waals surface area (Å²) in [6.45, 7) is 1.16. The van der Waals surface area contributed by atoms with E-state index in [0.717, 1.165) is 19.4 Å². The van der Waals surface area contributed by atoms with E-state index >= 15 is 0 Å². The van der Waals surface area contributed by atoms with E-state index in [1.807, 2.05) is 0 Å². The normalized spacial score (nSPS) is 15.8. The third kappa shape index (κ3) is 5.30. The SMILES string of the molecule is O=C(NCc1c[nH]c(=O)[nH]c1=O)Nc1ccc(C(=O)NC[C@@H]2CCCO2)cc1. The molecule has 1 atom stereocenters. The molecule has 10 heteroatoms. The van der Waals surface area contributed by atoms with Gasteiger partial charge in [0, 0.05) is 30.6 Å². The second-order valence-corrected chi connectivity index (χ2v) is 6.33.